The molecule has 112 valence electrons. The van der Waals surface area contributed by atoms with E-state index in [1.165, 1.54) is 29.0 Å². The van der Waals surface area contributed by atoms with Crippen LogP contribution in [0.3, 0.4) is 0 Å². The van der Waals surface area contributed by atoms with Crippen LogP contribution in [0, 0.1) is 6.92 Å². The predicted octanol–water partition coefficient (Wildman–Crippen LogP) is 4.65. The number of hydrogen-bond acceptors (Lipinski definition) is 4. The third-order valence-corrected chi connectivity index (χ3v) is 6.03. The number of aromatic nitrogens is 2. The number of halogens is 1. The van der Waals surface area contributed by atoms with E-state index in [0.29, 0.717) is 6.04 Å². The molecule has 0 aliphatic heterocycles. The molecule has 0 saturated carbocycles. The number of nitrogens with zero attached hydrogens (tertiary/aromatic N) is 2. The van der Waals surface area contributed by atoms with Crippen molar-refractivity contribution in [3.8, 4) is 10.7 Å². The fourth-order valence-electron chi connectivity index (χ4n) is 2.77. The highest BCUT2D eigenvalue weighted by atomic mass is 79.9. The molecule has 0 aromatic carbocycles. The largest absolute Gasteiger partial charge is 0.310 e. The fourth-order valence-corrected chi connectivity index (χ4v) is 4.24. The molecule has 5 heteroatoms. The first-order valence-electron chi connectivity index (χ1n) is 7.54. The van der Waals surface area contributed by atoms with Crippen molar-refractivity contribution in [2.75, 3.05) is 6.54 Å². The van der Waals surface area contributed by atoms with Crippen molar-refractivity contribution >= 4 is 27.3 Å². The standard InChI is InChI=1S/C16H20BrN3S/c1-3-7-18-13-5-4-6-14-11(13)9-19-16(20-14)15-8-12(17)10(2)21-15/h8-9,13,18H,3-7H2,1-2H3. The minimum atomic E-state index is 0.430. The molecule has 0 fully saturated rings. The number of thiophene rings is 1. The van der Waals surface area contributed by atoms with E-state index in [0.717, 1.165) is 34.6 Å². The van der Waals surface area contributed by atoms with Gasteiger partial charge in [0.25, 0.3) is 0 Å². The first-order valence-corrected chi connectivity index (χ1v) is 9.15. The van der Waals surface area contributed by atoms with Gasteiger partial charge in [-0.3, -0.25) is 0 Å². The van der Waals surface area contributed by atoms with E-state index in [2.05, 4.69) is 46.1 Å². The molecule has 1 atom stereocenters. The highest BCUT2D eigenvalue weighted by molar-refractivity contribution is 9.10. The molecule has 0 bridgehead atoms. The van der Waals surface area contributed by atoms with Crippen LogP contribution >= 0.6 is 27.3 Å². The van der Waals surface area contributed by atoms with Gasteiger partial charge in [0.15, 0.2) is 5.82 Å². The summed E-state index contributed by atoms with van der Waals surface area (Å²) in [7, 11) is 0. The quantitative estimate of drug-likeness (QED) is 0.856. The minimum absolute atomic E-state index is 0.430. The molecule has 2 aromatic heterocycles. The van der Waals surface area contributed by atoms with Crippen molar-refractivity contribution < 1.29 is 0 Å². The summed E-state index contributed by atoms with van der Waals surface area (Å²) in [5.41, 5.74) is 2.52. The minimum Gasteiger partial charge on any atom is -0.310 e. The lowest BCUT2D eigenvalue weighted by Gasteiger charge is -2.25. The van der Waals surface area contributed by atoms with E-state index >= 15 is 0 Å². The first kappa shape index (κ1) is 15.1. The smallest absolute Gasteiger partial charge is 0.169 e. The Hall–Kier alpha value is -0.780. The van der Waals surface area contributed by atoms with Gasteiger partial charge in [0, 0.05) is 32.8 Å². The van der Waals surface area contributed by atoms with Crippen molar-refractivity contribution in [2.45, 2.75) is 45.6 Å². The highest BCUT2D eigenvalue weighted by Crippen LogP contribution is 2.34. The Balaban J connectivity index is 1.90. The molecule has 1 N–H and O–H groups in total. The molecule has 2 heterocycles. The number of rotatable bonds is 4. The average Bonchev–Trinajstić information content (AvgIpc) is 2.84. The summed E-state index contributed by atoms with van der Waals surface area (Å²) in [6.07, 6.45) is 6.67. The maximum Gasteiger partial charge on any atom is 0.169 e. The lowest BCUT2D eigenvalue weighted by atomic mass is 9.92. The lowest BCUT2D eigenvalue weighted by Crippen LogP contribution is -2.26. The number of fused-ring (bicyclic) bond motifs is 1. The number of hydrogen-bond donors (Lipinski definition) is 1. The average molecular weight is 366 g/mol. The zero-order chi connectivity index (χ0) is 14.8. The van der Waals surface area contributed by atoms with Crippen LogP contribution in [0.1, 0.15) is 48.4 Å². The summed E-state index contributed by atoms with van der Waals surface area (Å²) in [5.74, 6) is 0.865. The summed E-state index contributed by atoms with van der Waals surface area (Å²) in [6, 6.07) is 2.55. The van der Waals surface area contributed by atoms with Crippen LogP contribution in [0.5, 0.6) is 0 Å². The van der Waals surface area contributed by atoms with Crippen molar-refractivity contribution in [1.29, 1.82) is 0 Å². The Morgan fingerprint density at radius 3 is 3.05 bits per heavy atom. The van der Waals surface area contributed by atoms with Crippen molar-refractivity contribution in [3.05, 3.63) is 32.9 Å². The van der Waals surface area contributed by atoms with E-state index in [4.69, 9.17) is 4.98 Å². The van der Waals surface area contributed by atoms with Gasteiger partial charge in [0.05, 0.1) is 4.88 Å². The van der Waals surface area contributed by atoms with Gasteiger partial charge < -0.3 is 5.32 Å². The van der Waals surface area contributed by atoms with Gasteiger partial charge in [-0.25, -0.2) is 9.97 Å². The SMILES string of the molecule is CCCNC1CCCc2nc(-c3cc(Br)c(C)s3)ncc21. The molecular weight excluding hydrogens is 346 g/mol. The highest BCUT2D eigenvalue weighted by Gasteiger charge is 2.22. The Morgan fingerprint density at radius 2 is 2.33 bits per heavy atom. The van der Waals surface area contributed by atoms with Crippen molar-refractivity contribution in [3.63, 3.8) is 0 Å². The first-order chi connectivity index (χ1) is 10.2. The molecule has 1 aliphatic carbocycles. The molecule has 3 rings (SSSR count). The van der Waals surface area contributed by atoms with Gasteiger partial charge in [0.1, 0.15) is 0 Å². The Bertz CT molecular complexity index is 619. The molecule has 21 heavy (non-hydrogen) atoms. The molecule has 2 aromatic rings. The van der Waals surface area contributed by atoms with Gasteiger partial charge in [-0.1, -0.05) is 6.92 Å². The van der Waals surface area contributed by atoms with E-state index in [1.54, 1.807) is 11.3 Å². The maximum absolute atomic E-state index is 4.83. The van der Waals surface area contributed by atoms with Gasteiger partial charge >= 0.3 is 0 Å². The van der Waals surface area contributed by atoms with Crippen molar-refractivity contribution in [2.24, 2.45) is 0 Å². The topological polar surface area (TPSA) is 37.8 Å². The molecule has 0 radical (unpaired) electrons. The Kier molecular flexibility index (Phi) is 4.72. The third kappa shape index (κ3) is 3.20. The van der Waals surface area contributed by atoms with E-state index in [9.17, 15) is 0 Å². The Labute approximate surface area is 138 Å². The summed E-state index contributed by atoms with van der Waals surface area (Å²) in [4.78, 5) is 11.9. The normalized spacial score (nSPS) is 17.8. The van der Waals surface area contributed by atoms with Crippen LogP contribution < -0.4 is 5.32 Å². The van der Waals surface area contributed by atoms with Gasteiger partial charge in [-0.2, -0.15) is 0 Å². The second kappa shape index (κ2) is 6.55. The van der Waals surface area contributed by atoms with Crippen LogP contribution in [0.15, 0.2) is 16.7 Å². The van der Waals surface area contributed by atoms with E-state index < -0.39 is 0 Å². The van der Waals surface area contributed by atoms with E-state index in [1.807, 2.05) is 6.20 Å². The monoisotopic (exact) mass is 365 g/mol. The van der Waals surface area contributed by atoms with Crippen molar-refractivity contribution in [1.82, 2.24) is 15.3 Å². The van der Waals surface area contributed by atoms with Crippen LogP contribution in [-0.4, -0.2) is 16.5 Å². The van der Waals surface area contributed by atoms with Crippen LogP contribution in [0.4, 0.5) is 0 Å². The lowest BCUT2D eigenvalue weighted by molar-refractivity contribution is 0.454. The number of aryl methyl sites for hydroxylation is 2. The summed E-state index contributed by atoms with van der Waals surface area (Å²) in [6.45, 7) is 5.37. The van der Waals surface area contributed by atoms with Gasteiger partial charge in [0.2, 0.25) is 0 Å². The summed E-state index contributed by atoms with van der Waals surface area (Å²) in [5, 5.41) is 3.62. The fraction of sp³-hybridized carbons (Fsp3) is 0.500. The molecule has 0 saturated heterocycles. The summed E-state index contributed by atoms with van der Waals surface area (Å²) >= 11 is 5.32. The Morgan fingerprint density at radius 1 is 1.48 bits per heavy atom. The molecule has 0 spiro atoms. The van der Waals surface area contributed by atoms with Gasteiger partial charge in [-0.15, -0.1) is 11.3 Å². The van der Waals surface area contributed by atoms with E-state index in [-0.39, 0.29) is 0 Å². The van der Waals surface area contributed by atoms with Crippen LogP contribution in [0.25, 0.3) is 10.7 Å². The molecular formula is C16H20BrN3S. The predicted molar refractivity (Wildman–Crippen MR) is 91.8 cm³/mol. The molecule has 1 aliphatic rings. The second-order valence-corrected chi connectivity index (χ2v) is 7.62. The third-order valence-electron chi connectivity index (χ3n) is 3.90. The maximum atomic E-state index is 4.83. The van der Waals surface area contributed by atoms with Crippen LogP contribution in [-0.2, 0) is 6.42 Å². The second-order valence-electron chi connectivity index (χ2n) is 5.51. The molecule has 0 amide bonds. The number of nitrogens with one attached hydrogen (secondary N) is 1. The molecule has 1 unspecified atom stereocenters. The zero-order valence-electron chi connectivity index (χ0n) is 12.4. The molecule has 3 nitrogen and oxygen atoms in total. The van der Waals surface area contributed by atoms with Crippen LogP contribution in [0.2, 0.25) is 0 Å². The summed E-state index contributed by atoms with van der Waals surface area (Å²) < 4.78 is 1.14. The van der Waals surface area contributed by atoms with Gasteiger partial charge in [-0.05, 0) is 61.1 Å². The zero-order valence-corrected chi connectivity index (χ0v) is 14.9.